The van der Waals surface area contributed by atoms with E-state index in [9.17, 15) is 9.18 Å². The number of amides is 1. The van der Waals surface area contributed by atoms with Gasteiger partial charge in [0.15, 0.2) is 0 Å². The summed E-state index contributed by atoms with van der Waals surface area (Å²) in [5, 5.41) is 2.88. The van der Waals surface area contributed by atoms with Crippen LogP contribution in [0.3, 0.4) is 0 Å². The zero-order chi connectivity index (χ0) is 15.4. The van der Waals surface area contributed by atoms with Gasteiger partial charge in [-0.1, -0.05) is 50.9 Å². The van der Waals surface area contributed by atoms with E-state index in [-0.39, 0.29) is 21.5 Å². The van der Waals surface area contributed by atoms with Gasteiger partial charge in [-0.05, 0) is 29.9 Å². The SMILES string of the molecule is CC(C)C(CNC(=O)c1cc(F)c(Cl)cc1Cl)C(C)C. The van der Waals surface area contributed by atoms with Gasteiger partial charge in [-0.25, -0.2) is 4.39 Å². The van der Waals surface area contributed by atoms with Crippen LogP contribution in [0.1, 0.15) is 38.1 Å². The Hall–Kier alpha value is -0.800. The number of hydrogen-bond acceptors (Lipinski definition) is 1. The van der Waals surface area contributed by atoms with Gasteiger partial charge in [0, 0.05) is 6.54 Å². The first-order chi connectivity index (χ1) is 9.23. The van der Waals surface area contributed by atoms with Crippen molar-refractivity contribution in [1.82, 2.24) is 5.32 Å². The van der Waals surface area contributed by atoms with E-state index in [0.29, 0.717) is 24.3 Å². The van der Waals surface area contributed by atoms with Crippen molar-refractivity contribution in [3.8, 4) is 0 Å². The third-order valence-electron chi connectivity index (χ3n) is 3.47. The van der Waals surface area contributed by atoms with Gasteiger partial charge in [0.2, 0.25) is 0 Å². The lowest BCUT2D eigenvalue weighted by Crippen LogP contribution is -2.34. The van der Waals surface area contributed by atoms with E-state index in [1.165, 1.54) is 6.07 Å². The predicted molar refractivity (Wildman–Crippen MR) is 81.9 cm³/mol. The molecule has 0 unspecified atom stereocenters. The highest BCUT2D eigenvalue weighted by atomic mass is 35.5. The van der Waals surface area contributed by atoms with Crippen molar-refractivity contribution in [2.75, 3.05) is 6.54 Å². The number of benzene rings is 1. The topological polar surface area (TPSA) is 29.1 Å². The predicted octanol–water partition coefficient (Wildman–Crippen LogP) is 4.79. The normalized spacial score (nSPS) is 11.5. The standard InChI is InChI=1S/C15H20Cl2FNO/c1-8(2)11(9(3)4)7-19-15(20)10-5-14(18)13(17)6-12(10)16/h5-6,8-9,11H,7H2,1-4H3,(H,19,20). The molecule has 5 heteroatoms. The first-order valence-corrected chi connectivity index (χ1v) is 7.42. The third kappa shape index (κ3) is 4.35. The summed E-state index contributed by atoms with van der Waals surface area (Å²) in [6.07, 6.45) is 0. The number of halogens is 3. The van der Waals surface area contributed by atoms with Crippen LogP contribution in [0.25, 0.3) is 0 Å². The minimum atomic E-state index is -0.648. The van der Waals surface area contributed by atoms with Crippen molar-refractivity contribution < 1.29 is 9.18 Å². The summed E-state index contributed by atoms with van der Waals surface area (Å²) in [6.45, 7) is 9.00. The Morgan fingerprint density at radius 1 is 1.15 bits per heavy atom. The molecular weight excluding hydrogens is 300 g/mol. The highest BCUT2D eigenvalue weighted by Crippen LogP contribution is 2.25. The molecule has 0 bridgehead atoms. The van der Waals surface area contributed by atoms with Gasteiger partial charge in [-0.15, -0.1) is 0 Å². The van der Waals surface area contributed by atoms with Crippen LogP contribution in [0, 0.1) is 23.6 Å². The second-order valence-electron chi connectivity index (χ2n) is 5.61. The average Bonchev–Trinajstić information content (AvgIpc) is 2.32. The quantitative estimate of drug-likeness (QED) is 0.777. The van der Waals surface area contributed by atoms with Crippen molar-refractivity contribution in [2.45, 2.75) is 27.7 Å². The Labute approximate surface area is 129 Å². The fraction of sp³-hybridized carbons (Fsp3) is 0.533. The highest BCUT2D eigenvalue weighted by Gasteiger charge is 2.20. The van der Waals surface area contributed by atoms with Crippen LogP contribution in [0.4, 0.5) is 4.39 Å². The molecule has 1 N–H and O–H groups in total. The van der Waals surface area contributed by atoms with Crippen LogP contribution in [-0.2, 0) is 0 Å². The first-order valence-electron chi connectivity index (χ1n) is 6.66. The molecule has 112 valence electrons. The molecule has 0 saturated carbocycles. The molecule has 1 aromatic carbocycles. The zero-order valence-corrected chi connectivity index (χ0v) is 13.6. The molecule has 2 nitrogen and oxygen atoms in total. The van der Waals surface area contributed by atoms with Crippen molar-refractivity contribution in [2.24, 2.45) is 17.8 Å². The summed E-state index contributed by atoms with van der Waals surface area (Å²) >= 11 is 11.5. The lowest BCUT2D eigenvalue weighted by molar-refractivity contribution is 0.0937. The maximum absolute atomic E-state index is 13.4. The Balaban J connectivity index is 2.79. The summed E-state index contributed by atoms with van der Waals surface area (Å²) in [5.41, 5.74) is 0.111. The van der Waals surface area contributed by atoms with Gasteiger partial charge in [0.1, 0.15) is 5.82 Å². The van der Waals surface area contributed by atoms with Crippen LogP contribution in [0.2, 0.25) is 10.0 Å². The third-order valence-corrected chi connectivity index (χ3v) is 4.07. The molecule has 0 saturated heterocycles. The van der Waals surface area contributed by atoms with Gasteiger partial charge in [0.25, 0.3) is 5.91 Å². The van der Waals surface area contributed by atoms with E-state index in [4.69, 9.17) is 23.2 Å². The maximum atomic E-state index is 13.4. The molecule has 0 spiro atoms. The molecule has 0 radical (unpaired) electrons. The van der Waals surface area contributed by atoms with Crippen LogP contribution < -0.4 is 5.32 Å². The molecule has 0 aliphatic carbocycles. The van der Waals surface area contributed by atoms with E-state index in [0.717, 1.165) is 6.07 Å². The monoisotopic (exact) mass is 319 g/mol. The number of rotatable bonds is 5. The van der Waals surface area contributed by atoms with E-state index >= 15 is 0 Å². The Kier molecular flexibility index (Phi) is 6.28. The summed E-state index contributed by atoms with van der Waals surface area (Å²) in [7, 11) is 0. The number of carbonyl (C=O) groups excluding carboxylic acids is 1. The van der Waals surface area contributed by atoms with Gasteiger partial charge >= 0.3 is 0 Å². The van der Waals surface area contributed by atoms with E-state index in [1.54, 1.807) is 0 Å². The van der Waals surface area contributed by atoms with E-state index < -0.39 is 5.82 Å². The van der Waals surface area contributed by atoms with Crippen molar-refractivity contribution in [1.29, 1.82) is 0 Å². The van der Waals surface area contributed by atoms with Crippen LogP contribution in [0.15, 0.2) is 12.1 Å². The van der Waals surface area contributed by atoms with Crippen molar-refractivity contribution in [3.05, 3.63) is 33.6 Å². The van der Waals surface area contributed by atoms with E-state index in [2.05, 4.69) is 33.0 Å². The smallest absolute Gasteiger partial charge is 0.252 e. The maximum Gasteiger partial charge on any atom is 0.252 e. The fourth-order valence-corrected chi connectivity index (χ4v) is 2.71. The van der Waals surface area contributed by atoms with Gasteiger partial charge in [0.05, 0.1) is 15.6 Å². The second-order valence-corrected chi connectivity index (χ2v) is 6.42. The highest BCUT2D eigenvalue weighted by molar-refractivity contribution is 6.36. The number of carbonyl (C=O) groups is 1. The Morgan fingerprint density at radius 3 is 2.20 bits per heavy atom. The van der Waals surface area contributed by atoms with Crippen molar-refractivity contribution in [3.63, 3.8) is 0 Å². The molecule has 0 aliphatic heterocycles. The Morgan fingerprint density at radius 2 is 1.70 bits per heavy atom. The largest absolute Gasteiger partial charge is 0.352 e. The van der Waals surface area contributed by atoms with Gasteiger partial charge < -0.3 is 5.32 Å². The summed E-state index contributed by atoms with van der Waals surface area (Å²) in [6, 6.07) is 2.31. The molecule has 1 amide bonds. The van der Waals surface area contributed by atoms with Crippen LogP contribution in [-0.4, -0.2) is 12.5 Å². The lowest BCUT2D eigenvalue weighted by Gasteiger charge is -2.25. The molecule has 0 heterocycles. The molecular formula is C15H20Cl2FNO. The molecule has 0 atom stereocenters. The summed E-state index contributed by atoms with van der Waals surface area (Å²) in [4.78, 5) is 12.1. The van der Waals surface area contributed by atoms with Crippen LogP contribution in [0.5, 0.6) is 0 Å². The molecule has 0 aliphatic rings. The fourth-order valence-electron chi connectivity index (χ4n) is 2.24. The van der Waals surface area contributed by atoms with E-state index in [1.807, 2.05) is 0 Å². The van der Waals surface area contributed by atoms with Crippen molar-refractivity contribution >= 4 is 29.1 Å². The van der Waals surface area contributed by atoms with Gasteiger partial charge in [-0.3, -0.25) is 4.79 Å². The Bertz CT molecular complexity index is 481. The molecule has 0 fully saturated rings. The zero-order valence-electron chi connectivity index (χ0n) is 12.1. The molecule has 1 aromatic rings. The number of nitrogens with one attached hydrogen (secondary N) is 1. The lowest BCUT2D eigenvalue weighted by atomic mass is 9.85. The molecule has 20 heavy (non-hydrogen) atoms. The number of hydrogen-bond donors (Lipinski definition) is 1. The molecule has 1 rings (SSSR count). The van der Waals surface area contributed by atoms with Crippen LogP contribution >= 0.6 is 23.2 Å². The summed E-state index contributed by atoms with van der Waals surface area (Å²) < 4.78 is 13.4. The minimum Gasteiger partial charge on any atom is -0.352 e. The second kappa shape index (κ2) is 7.28. The first kappa shape index (κ1) is 17.3. The molecule has 0 aromatic heterocycles. The summed E-state index contributed by atoms with van der Waals surface area (Å²) in [5.74, 6) is 0.234. The minimum absolute atomic E-state index is 0.0891. The average molecular weight is 320 g/mol. The van der Waals surface area contributed by atoms with Gasteiger partial charge in [-0.2, -0.15) is 0 Å².